The monoisotopic (exact) mass is 1040 g/mol. The third kappa shape index (κ3) is 42.7. The molecule has 6 N–H and O–H groups in total. The lowest BCUT2D eigenvalue weighted by Gasteiger charge is -2.40. The molecule has 0 spiro atoms. The Kier molecular flexibility index (Phi) is 50.8. The van der Waals surface area contributed by atoms with Gasteiger partial charge >= 0.3 is 0 Å². The first-order valence-corrected chi connectivity index (χ1v) is 31.2. The number of amides is 1. The van der Waals surface area contributed by atoms with Crippen molar-refractivity contribution in [2.75, 3.05) is 13.2 Å². The van der Waals surface area contributed by atoms with Gasteiger partial charge in [0.25, 0.3) is 0 Å². The number of unbranched alkanes of at least 4 members (excludes halogenated alkanes) is 33. The molecule has 1 aliphatic heterocycles. The van der Waals surface area contributed by atoms with Crippen molar-refractivity contribution in [2.45, 2.75) is 320 Å². The minimum atomic E-state index is -1.58. The van der Waals surface area contributed by atoms with E-state index >= 15 is 0 Å². The predicted octanol–water partition coefficient (Wildman–Crippen LogP) is 16.0. The molecule has 1 amide bonds. The van der Waals surface area contributed by atoms with E-state index in [1.807, 2.05) is 6.08 Å². The van der Waals surface area contributed by atoms with Gasteiger partial charge < -0.3 is 40.3 Å². The average molecular weight is 1040 g/mol. The van der Waals surface area contributed by atoms with Crippen molar-refractivity contribution >= 4 is 5.91 Å². The molecule has 0 aromatic heterocycles. The van der Waals surface area contributed by atoms with Gasteiger partial charge in [0.2, 0.25) is 5.91 Å². The van der Waals surface area contributed by atoms with Gasteiger partial charge in [0.05, 0.1) is 25.4 Å². The van der Waals surface area contributed by atoms with Crippen molar-refractivity contribution in [3.8, 4) is 0 Å². The van der Waals surface area contributed by atoms with Crippen LogP contribution in [0, 0.1) is 0 Å². The van der Waals surface area contributed by atoms with Crippen LogP contribution in [0.15, 0.2) is 72.9 Å². The van der Waals surface area contributed by atoms with Gasteiger partial charge in [-0.25, -0.2) is 0 Å². The zero-order chi connectivity index (χ0) is 53.6. The van der Waals surface area contributed by atoms with Gasteiger partial charge in [0.1, 0.15) is 24.4 Å². The number of allylic oxidation sites excluding steroid dienone is 11. The minimum absolute atomic E-state index is 0.189. The normalized spacial score (nSPS) is 19.5. The Morgan fingerprint density at radius 3 is 1.30 bits per heavy atom. The lowest BCUT2D eigenvalue weighted by atomic mass is 9.99. The second-order valence-electron chi connectivity index (χ2n) is 21.5. The lowest BCUT2D eigenvalue weighted by Crippen LogP contribution is -2.60. The molecule has 0 saturated carbocycles. The SMILES string of the molecule is CC/C=C\C/C=C\C/C=C\C/C=C\CCCCCCCCCCCCCCC(=O)NC(COC1OC(CO)C(O)C(O)C1O)C(O)/C=C/CC/C=C/CCCCCCCCCCCCCCCCCCCCCC. The molecule has 1 heterocycles. The van der Waals surface area contributed by atoms with Crippen LogP contribution < -0.4 is 5.32 Å². The van der Waals surface area contributed by atoms with E-state index in [0.29, 0.717) is 6.42 Å². The number of carbonyl (C=O) groups is 1. The highest BCUT2D eigenvalue weighted by atomic mass is 16.7. The molecule has 0 aromatic carbocycles. The van der Waals surface area contributed by atoms with E-state index in [0.717, 1.165) is 64.2 Å². The van der Waals surface area contributed by atoms with Gasteiger partial charge in [-0.1, -0.05) is 273 Å². The van der Waals surface area contributed by atoms with Crippen LogP contribution >= 0.6 is 0 Å². The summed E-state index contributed by atoms with van der Waals surface area (Å²) in [5, 5.41) is 54.6. The van der Waals surface area contributed by atoms with Crippen LogP contribution in [0.2, 0.25) is 0 Å². The van der Waals surface area contributed by atoms with E-state index in [4.69, 9.17) is 9.47 Å². The highest BCUT2D eigenvalue weighted by Gasteiger charge is 2.44. The second kappa shape index (κ2) is 54.0. The fourth-order valence-electron chi connectivity index (χ4n) is 9.64. The molecule has 9 nitrogen and oxygen atoms in total. The Hall–Kier alpha value is -2.37. The Bertz CT molecular complexity index is 1390. The summed E-state index contributed by atoms with van der Waals surface area (Å²) in [6, 6.07) is -0.827. The van der Waals surface area contributed by atoms with Gasteiger partial charge in [-0.05, 0) is 70.6 Å². The molecule has 9 heteroatoms. The molecular weight excluding hydrogens is 923 g/mol. The van der Waals surface area contributed by atoms with Gasteiger partial charge in [-0.2, -0.15) is 0 Å². The summed E-state index contributed by atoms with van der Waals surface area (Å²) in [7, 11) is 0. The highest BCUT2D eigenvalue weighted by molar-refractivity contribution is 5.76. The third-order valence-electron chi connectivity index (χ3n) is 14.5. The molecule has 1 aliphatic rings. The number of hydrogen-bond donors (Lipinski definition) is 6. The predicted molar refractivity (Wildman–Crippen MR) is 313 cm³/mol. The molecule has 1 rings (SSSR count). The van der Waals surface area contributed by atoms with Crippen molar-refractivity contribution < 1.29 is 39.8 Å². The molecule has 0 aromatic rings. The molecular formula is C65H117NO8. The van der Waals surface area contributed by atoms with Crippen LogP contribution in [0.4, 0.5) is 0 Å². The number of hydrogen-bond acceptors (Lipinski definition) is 8. The van der Waals surface area contributed by atoms with Crippen LogP contribution in [-0.2, 0) is 14.3 Å². The van der Waals surface area contributed by atoms with Crippen LogP contribution in [0.3, 0.4) is 0 Å². The summed E-state index contributed by atoms with van der Waals surface area (Å²) in [6.07, 6.45) is 68.4. The zero-order valence-corrected chi connectivity index (χ0v) is 47.8. The number of rotatable bonds is 53. The Balaban J connectivity index is 2.22. The molecule has 430 valence electrons. The summed E-state index contributed by atoms with van der Waals surface area (Å²) in [4.78, 5) is 13.1. The van der Waals surface area contributed by atoms with E-state index in [9.17, 15) is 30.3 Å². The summed E-state index contributed by atoms with van der Waals surface area (Å²) >= 11 is 0. The zero-order valence-electron chi connectivity index (χ0n) is 47.8. The summed E-state index contributed by atoms with van der Waals surface area (Å²) in [5.74, 6) is -0.189. The minimum Gasteiger partial charge on any atom is -0.394 e. The second-order valence-corrected chi connectivity index (χ2v) is 21.5. The fourth-order valence-corrected chi connectivity index (χ4v) is 9.64. The maximum absolute atomic E-state index is 13.1. The molecule has 7 unspecified atom stereocenters. The number of carbonyl (C=O) groups excluding carboxylic acids is 1. The first-order chi connectivity index (χ1) is 36.3. The van der Waals surface area contributed by atoms with Crippen LogP contribution in [-0.4, -0.2) is 87.5 Å². The van der Waals surface area contributed by atoms with E-state index in [-0.39, 0.29) is 12.5 Å². The molecule has 0 radical (unpaired) electrons. The van der Waals surface area contributed by atoms with E-state index in [2.05, 4.69) is 79.9 Å². The number of aliphatic hydroxyl groups is 5. The molecule has 7 atom stereocenters. The van der Waals surface area contributed by atoms with Crippen molar-refractivity contribution in [3.05, 3.63) is 72.9 Å². The van der Waals surface area contributed by atoms with Crippen molar-refractivity contribution in [2.24, 2.45) is 0 Å². The maximum Gasteiger partial charge on any atom is 0.220 e. The first-order valence-electron chi connectivity index (χ1n) is 31.2. The van der Waals surface area contributed by atoms with Crippen LogP contribution in [0.1, 0.15) is 277 Å². The molecule has 0 bridgehead atoms. The number of nitrogens with one attached hydrogen (secondary N) is 1. The molecule has 74 heavy (non-hydrogen) atoms. The van der Waals surface area contributed by atoms with Gasteiger partial charge in [-0.15, -0.1) is 0 Å². The fraction of sp³-hybridized carbons (Fsp3) is 0.800. The van der Waals surface area contributed by atoms with Gasteiger partial charge in [0, 0.05) is 6.42 Å². The van der Waals surface area contributed by atoms with Crippen LogP contribution in [0.25, 0.3) is 0 Å². The van der Waals surface area contributed by atoms with Crippen LogP contribution in [0.5, 0.6) is 0 Å². The molecule has 1 saturated heterocycles. The number of ether oxygens (including phenoxy) is 2. The van der Waals surface area contributed by atoms with Crippen molar-refractivity contribution in [1.82, 2.24) is 5.32 Å². The standard InChI is InChI=1S/C65H117NO8/c1-3-5-7-9-11-13-15-17-19-21-23-25-27-29-31-32-34-36-38-40-42-44-46-48-50-52-54-59(68)58(57-73-65-64(72)63(71)62(70)60(56-67)74-65)66-61(69)55-53-51-49-47-45-43-41-39-37-35-33-30-28-26-24-22-20-18-16-14-12-10-8-6-4-2/h6,8,12,14,18,20,24,26,44,46,52,54,58-60,62-65,67-68,70-72H,3-5,7,9-11,13,15-17,19,21-23,25,27-43,45,47-51,53,55-57H2,1-2H3,(H,66,69)/b8-6-,14-12-,20-18-,26-24-,46-44+,54-52+. The van der Waals surface area contributed by atoms with Gasteiger partial charge in [-0.3, -0.25) is 4.79 Å². The topological polar surface area (TPSA) is 149 Å². The van der Waals surface area contributed by atoms with Crippen molar-refractivity contribution in [1.29, 1.82) is 0 Å². The van der Waals surface area contributed by atoms with Crippen molar-refractivity contribution in [3.63, 3.8) is 0 Å². The van der Waals surface area contributed by atoms with E-state index < -0.39 is 49.5 Å². The summed E-state index contributed by atoms with van der Waals surface area (Å²) in [5.41, 5.74) is 0. The summed E-state index contributed by atoms with van der Waals surface area (Å²) < 4.78 is 11.3. The molecule has 1 fully saturated rings. The summed E-state index contributed by atoms with van der Waals surface area (Å²) in [6.45, 7) is 3.68. The Morgan fingerprint density at radius 1 is 0.473 bits per heavy atom. The average Bonchev–Trinajstić information content (AvgIpc) is 3.40. The van der Waals surface area contributed by atoms with E-state index in [1.54, 1.807) is 6.08 Å². The Labute approximate surface area is 455 Å². The van der Waals surface area contributed by atoms with Gasteiger partial charge in [0.15, 0.2) is 6.29 Å². The lowest BCUT2D eigenvalue weighted by molar-refractivity contribution is -0.302. The number of aliphatic hydroxyl groups excluding tert-OH is 5. The largest absolute Gasteiger partial charge is 0.394 e. The molecule has 0 aliphatic carbocycles. The first kappa shape index (κ1) is 69.6. The smallest absolute Gasteiger partial charge is 0.220 e. The van der Waals surface area contributed by atoms with E-state index in [1.165, 1.54) is 193 Å². The Morgan fingerprint density at radius 2 is 0.851 bits per heavy atom. The maximum atomic E-state index is 13.1. The third-order valence-corrected chi connectivity index (χ3v) is 14.5. The quantitative estimate of drug-likeness (QED) is 0.0261. The highest BCUT2D eigenvalue weighted by Crippen LogP contribution is 2.23.